The Balaban J connectivity index is 2.06. The molecule has 2 aromatic rings. The molecular weight excluding hydrogens is 326 g/mol. The van der Waals surface area contributed by atoms with E-state index in [1.165, 1.54) is 5.69 Å². The van der Waals surface area contributed by atoms with Gasteiger partial charge in [0.1, 0.15) is 0 Å². The van der Waals surface area contributed by atoms with Crippen molar-refractivity contribution in [1.29, 1.82) is 0 Å². The zero-order valence-electron chi connectivity index (χ0n) is 16.4. The normalized spacial score (nSPS) is 11.3. The quantitative estimate of drug-likeness (QED) is 0.639. The minimum absolute atomic E-state index is 0.00990. The lowest BCUT2D eigenvalue weighted by atomic mass is 10.1. The van der Waals surface area contributed by atoms with Gasteiger partial charge in [0.25, 0.3) is 5.91 Å². The molecule has 2 rings (SSSR count). The van der Waals surface area contributed by atoms with Crippen LogP contribution < -0.4 is 5.32 Å². The summed E-state index contributed by atoms with van der Waals surface area (Å²) in [6.07, 6.45) is 2.05. The van der Waals surface area contributed by atoms with Crippen LogP contribution in [0.4, 0.5) is 0 Å². The van der Waals surface area contributed by atoms with E-state index >= 15 is 0 Å². The van der Waals surface area contributed by atoms with Crippen molar-refractivity contribution in [1.82, 2.24) is 19.7 Å². The van der Waals surface area contributed by atoms with Gasteiger partial charge in [-0.05, 0) is 36.8 Å². The van der Waals surface area contributed by atoms with Gasteiger partial charge in [-0.25, -0.2) is 4.99 Å². The summed E-state index contributed by atoms with van der Waals surface area (Å²) < 4.78 is 2.11. The van der Waals surface area contributed by atoms with Gasteiger partial charge >= 0.3 is 0 Å². The van der Waals surface area contributed by atoms with Crippen LogP contribution in [0.5, 0.6) is 0 Å². The number of aromatic nitrogens is 1. The highest BCUT2D eigenvalue weighted by molar-refractivity contribution is 5.93. The Hall–Kier alpha value is -2.76. The number of nitrogens with one attached hydrogen (secondary N) is 1. The molecule has 0 fully saturated rings. The van der Waals surface area contributed by atoms with Gasteiger partial charge in [-0.3, -0.25) is 4.79 Å². The number of hydrogen-bond donors (Lipinski definition) is 1. The fraction of sp³-hybridized carbons (Fsp3) is 0.400. The highest BCUT2D eigenvalue weighted by Gasteiger charge is 2.09. The predicted molar refractivity (Wildman–Crippen MR) is 106 cm³/mol. The van der Waals surface area contributed by atoms with Gasteiger partial charge in [0.05, 0.1) is 13.1 Å². The average Bonchev–Trinajstić information content (AvgIpc) is 3.03. The SMILES string of the molecule is CCNC(=NCc1ccc(C(=O)N(C)C)cc1)N(C)Cc1cccn1C. The van der Waals surface area contributed by atoms with Crippen LogP contribution in [0, 0.1) is 0 Å². The van der Waals surface area contributed by atoms with Crippen molar-refractivity contribution in [2.45, 2.75) is 20.0 Å². The molecule has 0 aliphatic carbocycles. The van der Waals surface area contributed by atoms with E-state index in [1.54, 1.807) is 19.0 Å². The van der Waals surface area contributed by atoms with Crippen LogP contribution in [0.25, 0.3) is 0 Å². The summed E-state index contributed by atoms with van der Waals surface area (Å²) in [4.78, 5) is 20.4. The fourth-order valence-electron chi connectivity index (χ4n) is 2.63. The largest absolute Gasteiger partial charge is 0.357 e. The maximum absolute atomic E-state index is 12.0. The van der Waals surface area contributed by atoms with Crippen molar-refractivity contribution in [3.8, 4) is 0 Å². The number of guanidine groups is 1. The van der Waals surface area contributed by atoms with Crippen LogP contribution in [-0.2, 0) is 20.1 Å². The van der Waals surface area contributed by atoms with E-state index < -0.39 is 0 Å². The second-order valence-corrected chi connectivity index (χ2v) is 6.53. The van der Waals surface area contributed by atoms with Crippen LogP contribution in [-0.4, -0.2) is 53.9 Å². The summed E-state index contributed by atoms with van der Waals surface area (Å²) in [5.41, 5.74) is 2.99. The Morgan fingerprint density at radius 3 is 2.38 bits per heavy atom. The van der Waals surface area contributed by atoms with Crippen LogP contribution in [0.3, 0.4) is 0 Å². The lowest BCUT2D eigenvalue weighted by Crippen LogP contribution is -2.38. The van der Waals surface area contributed by atoms with Crippen LogP contribution >= 0.6 is 0 Å². The Labute approximate surface area is 156 Å². The first kappa shape index (κ1) is 19.6. The van der Waals surface area contributed by atoms with Crippen molar-refractivity contribution in [3.63, 3.8) is 0 Å². The molecule has 0 unspecified atom stereocenters. The molecule has 1 aromatic carbocycles. The predicted octanol–water partition coefficient (Wildman–Crippen LogP) is 2.32. The average molecular weight is 355 g/mol. The van der Waals surface area contributed by atoms with E-state index in [0.29, 0.717) is 12.1 Å². The molecule has 1 N–H and O–H groups in total. The Kier molecular flexibility index (Phi) is 6.83. The monoisotopic (exact) mass is 355 g/mol. The number of aliphatic imine (C=N–C) groups is 1. The summed E-state index contributed by atoms with van der Waals surface area (Å²) in [5.74, 6) is 0.873. The Bertz CT molecular complexity index is 746. The molecule has 0 aliphatic heterocycles. The molecule has 0 aliphatic rings. The maximum Gasteiger partial charge on any atom is 0.253 e. The molecule has 0 spiro atoms. The maximum atomic E-state index is 12.0. The van der Waals surface area contributed by atoms with Crippen molar-refractivity contribution in [3.05, 3.63) is 59.4 Å². The summed E-state index contributed by atoms with van der Waals surface area (Å²) in [6, 6.07) is 11.8. The minimum Gasteiger partial charge on any atom is -0.357 e. The lowest BCUT2D eigenvalue weighted by molar-refractivity contribution is 0.0827. The second-order valence-electron chi connectivity index (χ2n) is 6.53. The number of hydrogen-bond acceptors (Lipinski definition) is 2. The molecule has 0 saturated heterocycles. The summed E-state index contributed by atoms with van der Waals surface area (Å²) >= 11 is 0. The van der Waals surface area contributed by atoms with Crippen molar-refractivity contribution < 1.29 is 4.79 Å². The molecular formula is C20H29N5O. The van der Waals surface area contributed by atoms with Crippen LogP contribution in [0.1, 0.15) is 28.5 Å². The molecule has 0 bridgehead atoms. The van der Waals surface area contributed by atoms with Gasteiger partial charge in [0.2, 0.25) is 0 Å². The number of benzene rings is 1. The third-order valence-electron chi connectivity index (χ3n) is 4.17. The third-order valence-corrected chi connectivity index (χ3v) is 4.17. The van der Waals surface area contributed by atoms with Crippen molar-refractivity contribution in [2.24, 2.45) is 12.0 Å². The van der Waals surface area contributed by atoms with Crippen molar-refractivity contribution in [2.75, 3.05) is 27.7 Å². The fourth-order valence-corrected chi connectivity index (χ4v) is 2.63. The lowest BCUT2D eigenvalue weighted by Gasteiger charge is -2.22. The first-order valence-electron chi connectivity index (χ1n) is 8.82. The van der Waals surface area contributed by atoms with Gasteiger partial charge in [-0.1, -0.05) is 12.1 Å². The molecule has 26 heavy (non-hydrogen) atoms. The second kappa shape index (κ2) is 9.08. The number of amides is 1. The number of carbonyl (C=O) groups is 1. The highest BCUT2D eigenvalue weighted by atomic mass is 16.2. The van der Waals surface area contributed by atoms with Gasteiger partial charge in [0, 0.05) is 52.2 Å². The Morgan fingerprint density at radius 1 is 1.15 bits per heavy atom. The van der Waals surface area contributed by atoms with E-state index in [1.807, 2.05) is 50.6 Å². The summed E-state index contributed by atoms with van der Waals surface area (Å²) in [6.45, 7) is 4.22. The molecule has 1 aromatic heterocycles. The van der Waals surface area contributed by atoms with Gasteiger partial charge in [-0.15, -0.1) is 0 Å². The molecule has 0 radical (unpaired) electrons. The first-order chi connectivity index (χ1) is 12.4. The molecule has 0 saturated carbocycles. The van der Waals surface area contributed by atoms with Crippen LogP contribution in [0.15, 0.2) is 47.6 Å². The standard InChI is InChI=1S/C20H29N5O/c1-6-21-20(25(5)15-18-8-7-13-24(18)4)22-14-16-9-11-17(12-10-16)19(26)23(2)3/h7-13H,6,14-15H2,1-5H3,(H,21,22). The summed E-state index contributed by atoms with van der Waals surface area (Å²) in [7, 11) is 7.59. The first-order valence-corrected chi connectivity index (χ1v) is 8.82. The summed E-state index contributed by atoms with van der Waals surface area (Å²) in [5, 5.41) is 3.33. The molecule has 0 atom stereocenters. The third kappa shape index (κ3) is 5.12. The molecule has 1 amide bonds. The zero-order chi connectivity index (χ0) is 19.1. The number of rotatable bonds is 6. The topological polar surface area (TPSA) is 52.9 Å². The van der Waals surface area contributed by atoms with Gasteiger partial charge < -0.3 is 19.7 Å². The molecule has 6 nitrogen and oxygen atoms in total. The smallest absolute Gasteiger partial charge is 0.253 e. The van der Waals surface area contributed by atoms with E-state index in [9.17, 15) is 4.79 Å². The van der Waals surface area contributed by atoms with Gasteiger partial charge in [-0.2, -0.15) is 0 Å². The van der Waals surface area contributed by atoms with Crippen molar-refractivity contribution >= 4 is 11.9 Å². The zero-order valence-corrected chi connectivity index (χ0v) is 16.4. The number of carbonyl (C=O) groups excluding carboxylic acids is 1. The van der Waals surface area contributed by atoms with Crippen LogP contribution in [0.2, 0.25) is 0 Å². The van der Waals surface area contributed by atoms with E-state index in [4.69, 9.17) is 4.99 Å². The molecule has 1 heterocycles. The van der Waals surface area contributed by atoms with Gasteiger partial charge in [0.15, 0.2) is 5.96 Å². The molecule has 140 valence electrons. The molecule has 6 heteroatoms. The Morgan fingerprint density at radius 2 is 1.85 bits per heavy atom. The number of aryl methyl sites for hydroxylation is 1. The van der Waals surface area contributed by atoms with E-state index in [0.717, 1.165) is 24.6 Å². The highest BCUT2D eigenvalue weighted by Crippen LogP contribution is 2.09. The van der Waals surface area contributed by atoms with E-state index in [2.05, 4.69) is 27.8 Å². The number of nitrogens with zero attached hydrogens (tertiary/aromatic N) is 4. The van der Waals surface area contributed by atoms with E-state index in [-0.39, 0.29) is 5.91 Å². The minimum atomic E-state index is 0.00990.